The quantitative estimate of drug-likeness (QED) is 0.336. The summed E-state index contributed by atoms with van der Waals surface area (Å²) in [6.45, 7) is 2.53. The molecule has 0 amide bonds. The van der Waals surface area contributed by atoms with Gasteiger partial charge in [0, 0.05) is 10.7 Å². The molecule has 0 unspecified atom stereocenters. The molecule has 0 saturated heterocycles. The van der Waals surface area contributed by atoms with Crippen LogP contribution in [0.4, 0.5) is 5.69 Å². The second kappa shape index (κ2) is 9.48. The van der Waals surface area contributed by atoms with Crippen LogP contribution >= 0.6 is 22.9 Å². The molecule has 1 aromatic heterocycles. The van der Waals surface area contributed by atoms with Gasteiger partial charge in [0.2, 0.25) is 0 Å². The summed E-state index contributed by atoms with van der Waals surface area (Å²) in [5, 5.41) is 0.634. The minimum Gasteiger partial charge on any atom is -0.294 e. The lowest BCUT2D eigenvalue weighted by atomic mass is 10.1. The molecule has 3 aromatic carbocycles. The molecule has 32 heavy (non-hydrogen) atoms. The molecule has 0 aliphatic rings. The van der Waals surface area contributed by atoms with Crippen molar-refractivity contribution in [2.24, 2.45) is 0 Å². The Morgan fingerprint density at radius 3 is 2.34 bits per heavy atom. The minimum atomic E-state index is -3.77. The Morgan fingerprint density at radius 2 is 1.66 bits per heavy atom. The van der Waals surface area contributed by atoms with Crippen LogP contribution in [0.25, 0.3) is 10.2 Å². The lowest BCUT2D eigenvalue weighted by Gasteiger charge is -2.10. The number of sulfonamides is 1. The molecule has 0 spiro atoms. The summed E-state index contributed by atoms with van der Waals surface area (Å²) in [5.74, 6) is 0. The number of hydrogen-bond donors (Lipinski definition) is 1. The molecule has 0 fully saturated rings. The molecule has 0 aliphatic heterocycles. The number of rotatable bonds is 8. The Bertz CT molecular complexity index is 1390. The molecule has 0 aliphatic carbocycles. The number of aromatic nitrogens is 1. The van der Waals surface area contributed by atoms with E-state index >= 15 is 0 Å². The van der Waals surface area contributed by atoms with Crippen molar-refractivity contribution in [2.45, 2.75) is 37.6 Å². The van der Waals surface area contributed by atoms with Crippen molar-refractivity contribution < 1.29 is 8.42 Å². The van der Waals surface area contributed by atoms with E-state index in [1.807, 2.05) is 24.3 Å². The van der Waals surface area contributed by atoms with Crippen LogP contribution in [0.2, 0.25) is 5.02 Å². The third-order valence-electron chi connectivity index (χ3n) is 5.23. The van der Waals surface area contributed by atoms with Gasteiger partial charge in [0.05, 0.1) is 21.7 Å². The molecule has 0 bridgehead atoms. The van der Waals surface area contributed by atoms with Gasteiger partial charge in [0.15, 0.2) is 0 Å². The highest BCUT2D eigenvalue weighted by Gasteiger charge is 2.17. The number of benzene rings is 3. The topological polar surface area (TPSA) is 68.2 Å². The third-order valence-corrected chi connectivity index (χ3v) is 7.80. The number of nitrogens with zero attached hydrogens (tertiary/aromatic N) is 1. The normalized spacial score (nSPS) is 11.7. The maximum atomic E-state index is 12.9. The van der Waals surface area contributed by atoms with Gasteiger partial charge in [-0.2, -0.15) is 0 Å². The molecule has 0 saturated carbocycles. The minimum absolute atomic E-state index is 0.125. The fraction of sp³-hybridized carbons (Fsp3) is 0.208. The zero-order chi connectivity index (χ0) is 22.7. The van der Waals surface area contributed by atoms with Crippen LogP contribution in [0.15, 0.2) is 76.4 Å². The summed E-state index contributed by atoms with van der Waals surface area (Å²) in [7, 11) is -3.77. The van der Waals surface area contributed by atoms with E-state index in [-0.39, 0.29) is 9.77 Å². The lowest BCUT2D eigenvalue weighted by Crippen LogP contribution is -2.14. The van der Waals surface area contributed by atoms with Gasteiger partial charge in [-0.25, -0.2) is 8.42 Å². The number of halogens is 1. The summed E-state index contributed by atoms with van der Waals surface area (Å²) in [5.41, 5.74) is 3.34. The maximum absolute atomic E-state index is 12.9. The first kappa shape index (κ1) is 22.6. The molecule has 1 heterocycles. The van der Waals surface area contributed by atoms with E-state index < -0.39 is 10.0 Å². The highest BCUT2D eigenvalue weighted by atomic mass is 35.5. The molecular formula is C24H23ClN2O3S2. The molecule has 4 aromatic rings. The van der Waals surface area contributed by atoms with E-state index in [2.05, 4.69) is 11.6 Å². The molecule has 4 rings (SSSR count). The highest BCUT2D eigenvalue weighted by molar-refractivity contribution is 7.92. The van der Waals surface area contributed by atoms with Gasteiger partial charge in [0.25, 0.3) is 10.0 Å². The molecule has 8 heteroatoms. The zero-order valence-electron chi connectivity index (χ0n) is 17.5. The Kier molecular flexibility index (Phi) is 6.69. The monoisotopic (exact) mass is 486 g/mol. The Labute approximate surface area is 196 Å². The van der Waals surface area contributed by atoms with Gasteiger partial charge >= 0.3 is 4.87 Å². The van der Waals surface area contributed by atoms with E-state index in [1.54, 1.807) is 41.0 Å². The average molecular weight is 487 g/mol. The molecule has 5 nitrogen and oxygen atoms in total. The lowest BCUT2D eigenvalue weighted by molar-refractivity contribution is 0.601. The van der Waals surface area contributed by atoms with Crippen molar-refractivity contribution in [2.75, 3.05) is 4.72 Å². The molecule has 0 radical (unpaired) electrons. The van der Waals surface area contributed by atoms with Crippen molar-refractivity contribution >= 4 is 48.9 Å². The summed E-state index contributed by atoms with van der Waals surface area (Å²) < 4.78 is 30.7. The van der Waals surface area contributed by atoms with Crippen LogP contribution in [0.3, 0.4) is 0 Å². The standard InChI is InChI=1S/C24H23ClN2O3S2/c1-2-3-4-17-7-11-20(12-8-17)26-32(29,30)21-13-14-22-23(15-21)31-24(28)27(22)16-18-5-9-19(25)10-6-18/h5-15,26H,2-4,16H2,1H3. The Hall–Kier alpha value is -2.61. The van der Waals surface area contributed by atoms with Gasteiger partial charge in [-0.15, -0.1) is 0 Å². The van der Waals surface area contributed by atoms with Crippen LogP contribution < -0.4 is 9.60 Å². The molecule has 166 valence electrons. The molecule has 1 N–H and O–H groups in total. The fourth-order valence-corrected chi connectivity index (χ4v) is 5.69. The van der Waals surface area contributed by atoms with Crippen LogP contribution in [0, 0.1) is 0 Å². The number of anilines is 1. The van der Waals surface area contributed by atoms with Crippen LogP contribution in [0.1, 0.15) is 30.9 Å². The van der Waals surface area contributed by atoms with Crippen molar-refractivity contribution in [3.05, 3.63) is 92.5 Å². The summed E-state index contributed by atoms with van der Waals surface area (Å²) >= 11 is 6.97. The molecule has 0 atom stereocenters. The summed E-state index contributed by atoms with van der Waals surface area (Å²) in [4.78, 5) is 12.5. The predicted octanol–water partition coefficient (Wildman–Crippen LogP) is 5.91. The largest absolute Gasteiger partial charge is 0.308 e. The van der Waals surface area contributed by atoms with Crippen LogP contribution in [-0.2, 0) is 23.0 Å². The third kappa shape index (κ3) is 5.06. The van der Waals surface area contributed by atoms with Gasteiger partial charge < -0.3 is 0 Å². The van der Waals surface area contributed by atoms with Crippen molar-refractivity contribution in [3.63, 3.8) is 0 Å². The predicted molar refractivity (Wildman–Crippen MR) is 133 cm³/mol. The first-order chi connectivity index (χ1) is 15.4. The second-order valence-corrected chi connectivity index (χ2v) is 10.7. The Balaban J connectivity index is 1.57. The van der Waals surface area contributed by atoms with E-state index in [0.29, 0.717) is 27.5 Å². The maximum Gasteiger partial charge on any atom is 0.308 e. The number of hydrogen-bond acceptors (Lipinski definition) is 4. The number of fused-ring (bicyclic) bond motifs is 1. The summed E-state index contributed by atoms with van der Waals surface area (Å²) in [6, 6.07) is 19.5. The van der Waals surface area contributed by atoms with E-state index in [1.165, 1.54) is 11.6 Å². The number of nitrogens with one attached hydrogen (secondary N) is 1. The van der Waals surface area contributed by atoms with E-state index in [0.717, 1.165) is 36.2 Å². The number of thiazole rings is 1. The van der Waals surface area contributed by atoms with Gasteiger partial charge in [-0.05, 0) is 66.4 Å². The average Bonchev–Trinajstić information content (AvgIpc) is 3.09. The van der Waals surface area contributed by atoms with Crippen molar-refractivity contribution in [3.8, 4) is 0 Å². The molecular weight excluding hydrogens is 464 g/mol. The fourth-order valence-electron chi connectivity index (χ4n) is 3.47. The first-order valence-electron chi connectivity index (χ1n) is 10.4. The highest BCUT2D eigenvalue weighted by Crippen LogP contribution is 2.24. The van der Waals surface area contributed by atoms with E-state index in [9.17, 15) is 13.2 Å². The van der Waals surface area contributed by atoms with Crippen molar-refractivity contribution in [1.82, 2.24) is 4.57 Å². The van der Waals surface area contributed by atoms with Crippen molar-refractivity contribution in [1.29, 1.82) is 0 Å². The van der Waals surface area contributed by atoms with E-state index in [4.69, 9.17) is 11.6 Å². The SMILES string of the molecule is CCCCc1ccc(NS(=O)(=O)c2ccc3c(c2)sc(=O)n3Cc2ccc(Cl)cc2)cc1. The smallest absolute Gasteiger partial charge is 0.294 e. The number of unbranched alkanes of at least 4 members (excludes halogenated alkanes) is 1. The van der Waals surface area contributed by atoms with Gasteiger partial charge in [-0.1, -0.05) is 60.5 Å². The van der Waals surface area contributed by atoms with Gasteiger partial charge in [0.1, 0.15) is 0 Å². The Morgan fingerprint density at radius 1 is 0.969 bits per heavy atom. The van der Waals surface area contributed by atoms with Crippen LogP contribution in [0.5, 0.6) is 0 Å². The zero-order valence-corrected chi connectivity index (χ0v) is 19.9. The first-order valence-corrected chi connectivity index (χ1v) is 13.0. The van der Waals surface area contributed by atoms with Gasteiger partial charge in [-0.3, -0.25) is 14.1 Å². The summed E-state index contributed by atoms with van der Waals surface area (Å²) in [6.07, 6.45) is 3.20. The van der Waals surface area contributed by atoms with Crippen LogP contribution in [-0.4, -0.2) is 13.0 Å². The second-order valence-electron chi connectivity index (χ2n) is 7.62. The number of aryl methyl sites for hydroxylation is 1.